The van der Waals surface area contributed by atoms with Crippen LogP contribution in [0.15, 0.2) is 47.3 Å². The van der Waals surface area contributed by atoms with Crippen LogP contribution in [0.4, 0.5) is 11.6 Å². The first-order valence-corrected chi connectivity index (χ1v) is 10.7. The van der Waals surface area contributed by atoms with E-state index < -0.39 is 0 Å². The van der Waals surface area contributed by atoms with E-state index in [1.165, 1.54) is 0 Å². The summed E-state index contributed by atoms with van der Waals surface area (Å²) in [7, 11) is 1.77. The van der Waals surface area contributed by atoms with Gasteiger partial charge in [0.1, 0.15) is 0 Å². The minimum Gasteiger partial charge on any atom is -0.378 e. The molecule has 1 amide bonds. The molecule has 2 heterocycles. The summed E-state index contributed by atoms with van der Waals surface area (Å²) in [5, 5.41) is 4.15. The number of benzene rings is 2. The Kier molecular flexibility index (Phi) is 5.67. The van der Waals surface area contributed by atoms with Gasteiger partial charge in [-0.25, -0.2) is 4.98 Å². The molecule has 1 saturated heterocycles. The zero-order valence-electron chi connectivity index (χ0n) is 18.6. The number of carbonyl (C=O) groups is 1. The Morgan fingerprint density at radius 2 is 1.77 bits per heavy atom. The minimum atomic E-state index is -0.0501. The van der Waals surface area contributed by atoms with Gasteiger partial charge in [0, 0.05) is 51.4 Å². The van der Waals surface area contributed by atoms with Gasteiger partial charge in [-0.15, -0.1) is 0 Å². The van der Waals surface area contributed by atoms with Gasteiger partial charge < -0.3 is 15.1 Å². The van der Waals surface area contributed by atoms with Crippen LogP contribution < -0.4 is 15.8 Å². The number of fused-ring (bicyclic) bond motifs is 1. The molecule has 0 saturated carbocycles. The largest absolute Gasteiger partial charge is 0.378 e. The Labute approximate surface area is 182 Å². The smallest absolute Gasteiger partial charge is 0.262 e. The summed E-state index contributed by atoms with van der Waals surface area (Å²) in [6, 6.07) is 14.0. The number of hydrogen-bond donors (Lipinski definition) is 1. The fraction of sp³-hybridized carbons (Fsp3) is 0.375. The van der Waals surface area contributed by atoms with Gasteiger partial charge in [-0.05, 0) is 37.6 Å². The van der Waals surface area contributed by atoms with Gasteiger partial charge in [-0.3, -0.25) is 14.2 Å². The molecule has 0 aliphatic carbocycles. The molecule has 1 atom stereocenters. The third kappa shape index (κ3) is 4.13. The predicted octanol–water partition coefficient (Wildman–Crippen LogP) is 3.08. The van der Waals surface area contributed by atoms with E-state index in [-0.39, 0.29) is 17.5 Å². The first kappa shape index (κ1) is 20.9. The number of aromatic nitrogens is 2. The molecule has 7 nitrogen and oxygen atoms in total. The minimum absolute atomic E-state index is 0.0215. The van der Waals surface area contributed by atoms with Gasteiger partial charge in [0.2, 0.25) is 11.9 Å². The van der Waals surface area contributed by atoms with Gasteiger partial charge in [-0.1, -0.05) is 24.3 Å². The monoisotopic (exact) mass is 419 g/mol. The summed E-state index contributed by atoms with van der Waals surface area (Å²) >= 11 is 0. The molecule has 31 heavy (non-hydrogen) atoms. The molecule has 1 aliphatic rings. The summed E-state index contributed by atoms with van der Waals surface area (Å²) in [5.41, 5.74) is 3.74. The van der Waals surface area contributed by atoms with Crippen molar-refractivity contribution in [1.82, 2.24) is 14.5 Å². The summed E-state index contributed by atoms with van der Waals surface area (Å²) < 4.78 is 1.63. The molecule has 1 aliphatic heterocycles. The lowest BCUT2D eigenvalue weighted by Gasteiger charge is -2.35. The molecule has 162 valence electrons. The first-order chi connectivity index (χ1) is 14.8. The van der Waals surface area contributed by atoms with E-state index in [4.69, 9.17) is 4.98 Å². The molecule has 1 aromatic heterocycles. The molecule has 0 bridgehead atoms. The highest BCUT2D eigenvalue weighted by atomic mass is 16.2. The second-order valence-electron chi connectivity index (χ2n) is 8.25. The third-order valence-electron chi connectivity index (χ3n) is 5.96. The molecule has 4 rings (SSSR count). The second-order valence-corrected chi connectivity index (χ2v) is 8.25. The molecule has 0 radical (unpaired) electrons. The number of nitrogens with zero attached hydrogens (tertiary/aromatic N) is 4. The fourth-order valence-corrected chi connectivity index (χ4v) is 4.24. The molecule has 1 fully saturated rings. The lowest BCUT2D eigenvalue weighted by molar-refractivity contribution is -0.129. The Bertz CT molecular complexity index is 1160. The van der Waals surface area contributed by atoms with Crippen molar-refractivity contribution < 1.29 is 4.79 Å². The number of nitrogens with one attached hydrogen (secondary N) is 1. The molecular weight excluding hydrogens is 390 g/mol. The topological polar surface area (TPSA) is 70.5 Å². The summed E-state index contributed by atoms with van der Waals surface area (Å²) in [4.78, 5) is 33.8. The summed E-state index contributed by atoms with van der Waals surface area (Å²) in [6.45, 7) is 8.27. The Hall–Kier alpha value is -3.35. The maximum atomic E-state index is 13.3. The van der Waals surface area contributed by atoms with Crippen molar-refractivity contribution >= 4 is 28.4 Å². The van der Waals surface area contributed by atoms with Crippen molar-refractivity contribution in [3.8, 4) is 0 Å². The Balaban J connectivity index is 1.76. The van der Waals surface area contributed by atoms with E-state index in [1.54, 1.807) is 18.5 Å². The van der Waals surface area contributed by atoms with Crippen molar-refractivity contribution in [2.75, 3.05) is 36.4 Å². The molecule has 1 N–H and O–H groups in total. The number of piperazine rings is 1. The Morgan fingerprint density at radius 1 is 1.10 bits per heavy atom. The highest BCUT2D eigenvalue weighted by Gasteiger charge is 2.23. The van der Waals surface area contributed by atoms with Crippen LogP contribution in [0.3, 0.4) is 0 Å². The molecule has 3 aromatic rings. The maximum Gasteiger partial charge on any atom is 0.262 e. The van der Waals surface area contributed by atoms with Gasteiger partial charge in [0.15, 0.2) is 0 Å². The molecule has 2 aromatic carbocycles. The van der Waals surface area contributed by atoms with E-state index >= 15 is 0 Å². The van der Waals surface area contributed by atoms with Crippen LogP contribution in [0.2, 0.25) is 0 Å². The summed E-state index contributed by atoms with van der Waals surface area (Å²) in [6.07, 6.45) is 0. The Morgan fingerprint density at radius 3 is 2.42 bits per heavy atom. The molecular formula is C24H29N5O2. The van der Waals surface area contributed by atoms with E-state index in [1.807, 2.05) is 48.2 Å². The van der Waals surface area contributed by atoms with Crippen molar-refractivity contribution in [1.29, 1.82) is 0 Å². The molecule has 0 unspecified atom stereocenters. The normalized spacial score (nSPS) is 15.2. The number of carbonyl (C=O) groups excluding carboxylic acids is 1. The van der Waals surface area contributed by atoms with Crippen LogP contribution >= 0.6 is 0 Å². The molecule has 0 spiro atoms. The lowest BCUT2D eigenvalue weighted by atomic mass is 10.0. The van der Waals surface area contributed by atoms with Gasteiger partial charge in [0.05, 0.1) is 16.9 Å². The average molecular weight is 420 g/mol. The van der Waals surface area contributed by atoms with Crippen LogP contribution in [-0.2, 0) is 11.8 Å². The maximum absolute atomic E-state index is 13.3. The summed E-state index contributed by atoms with van der Waals surface area (Å²) in [5.74, 6) is 0.733. The second kappa shape index (κ2) is 8.41. The zero-order chi connectivity index (χ0) is 22.1. The van der Waals surface area contributed by atoms with Crippen LogP contribution in [0.1, 0.15) is 31.0 Å². The van der Waals surface area contributed by atoms with Crippen LogP contribution in [0.5, 0.6) is 0 Å². The van der Waals surface area contributed by atoms with E-state index in [0.29, 0.717) is 37.5 Å². The van der Waals surface area contributed by atoms with Crippen LogP contribution in [0.25, 0.3) is 10.9 Å². The molecule has 7 heteroatoms. The van der Waals surface area contributed by atoms with Crippen LogP contribution in [-0.4, -0.2) is 46.5 Å². The third-order valence-corrected chi connectivity index (χ3v) is 5.96. The number of anilines is 2. The van der Waals surface area contributed by atoms with Crippen molar-refractivity contribution in [2.24, 2.45) is 7.05 Å². The van der Waals surface area contributed by atoms with E-state index in [0.717, 1.165) is 22.3 Å². The fourth-order valence-electron chi connectivity index (χ4n) is 4.24. The SMILES string of the molecule is CC(=O)N1CCN(c2nc3c([C@H](C)Nc4ccccc4)cc(C)cc3c(=O)n2C)CC1. The highest BCUT2D eigenvalue weighted by molar-refractivity contribution is 5.84. The van der Waals surface area contributed by atoms with E-state index in [2.05, 4.69) is 23.2 Å². The van der Waals surface area contributed by atoms with Crippen LogP contribution in [0, 0.1) is 6.92 Å². The first-order valence-electron chi connectivity index (χ1n) is 10.7. The van der Waals surface area contributed by atoms with Crippen molar-refractivity contribution in [3.05, 3.63) is 63.9 Å². The average Bonchev–Trinajstić information content (AvgIpc) is 2.77. The van der Waals surface area contributed by atoms with E-state index in [9.17, 15) is 9.59 Å². The number of amides is 1. The van der Waals surface area contributed by atoms with Crippen molar-refractivity contribution in [3.63, 3.8) is 0 Å². The standard InChI is InChI=1S/C24H29N5O2/c1-16-14-20(17(2)25-19-8-6-5-7-9-19)22-21(15-16)23(31)27(4)24(26-22)29-12-10-28(11-13-29)18(3)30/h5-9,14-15,17,25H,10-13H2,1-4H3/t17-/m0/s1. The number of hydrogen-bond acceptors (Lipinski definition) is 5. The van der Waals surface area contributed by atoms with Gasteiger partial charge in [0.25, 0.3) is 5.56 Å². The van der Waals surface area contributed by atoms with Crippen molar-refractivity contribution in [2.45, 2.75) is 26.8 Å². The van der Waals surface area contributed by atoms with Gasteiger partial charge in [-0.2, -0.15) is 0 Å². The lowest BCUT2D eigenvalue weighted by Crippen LogP contribution is -2.49. The van der Waals surface area contributed by atoms with Gasteiger partial charge >= 0.3 is 0 Å². The predicted molar refractivity (Wildman–Crippen MR) is 125 cm³/mol. The number of aryl methyl sites for hydroxylation is 1. The quantitative estimate of drug-likeness (QED) is 0.704. The number of para-hydroxylation sites is 1. The zero-order valence-corrected chi connectivity index (χ0v) is 18.6. The highest BCUT2D eigenvalue weighted by Crippen LogP contribution is 2.27. The number of rotatable bonds is 4.